The minimum Gasteiger partial charge on any atom is -0.462 e. The molecule has 1 amide bonds. The van der Waals surface area contributed by atoms with E-state index in [4.69, 9.17) is 44.0 Å². The molecular formula is C23H16Cl3N3O4. The summed E-state index contributed by atoms with van der Waals surface area (Å²) in [6.07, 6.45) is 1.14. The number of hydrogen-bond acceptors (Lipinski definition) is 6. The maximum atomic E-state index is 12.6. The molecule has 0 aliphatic rings. The van der Waals surface area contributed by atoms with E-state index in [2.05, 4.69) is 10.6 Å². The molecule has 0 fully saturated rings. The van der Waals surface area contributed by atoms with Gasteiger partial charge in [0.1, 0.15) is 22.2 Å². The number of carbonyl (C=O) groups excluding carboxylic acids is 2. The van der Waals surface area contributed by atoms with Crippen molar-refractivity contribution in [1.82, 2.24) is 0 Å². The van der Waals surface area contributed by atoms with E-state index in [0.29, 0.717) is 21.4 Å². The number of nitrogens with one attached hydrogen (secondary N) is 2. The van der Waals surface area contributed by atoms with Crippen molar-refractivity contribution in [3.05, 3.63) is 80.5 Å². The molecule has 0 unspecified atom stereocenters. The number of benzene rings is 2. The molecule has 7 nitrogen and oxygen atoms in total. The molecule has 0 saturated heterocycles. The topological polar surface area (TPSA) is 104 Å². The predicted molar refractivity (Wildman–Crippen MR) is 128 cm³/mol. The lowest BCUT2D eigenvalue weighted by Gasteiger charge is -2.06. The average molecular weight is 505 g/mol. The molecule has 2 N–H and O–H groups in total. The predicted octanol–water partition coefficient (Wildman–Crippen LogP) is 6.71. The third-order valence-corrected chi connectivity index (χ3v) is 5.04. The SMILES string of the molecule is CCOC(=O)c1c(Nc2cccc(Cl)c2)oc(/C=C(\C#N)C(=O)Nc2ccc(Cl)cc2)c1Cl. The quantitative estimate of drug-likeness (QED) is 0.211. The molecule has 0 spiro atoms. The number of carbonyl (C=O) groups is 2. The molecule has 0 aliphatic heterocycles. The molecule has 1 heterocycles. The molecular weight excluding hydrogens is 489 g/mol. The molecule has 0 aliphatic carbocycles. The maximum absolute atomic E-state index is 12.6. The molecule has 2 aromatic carbocycles. The van der Waals surface area contributed by atoms with Gasteiger partial charge in [0, 0.05) is 27.5 Å². The van der Waals surface area contributed by atoms with Crippen LogP contribution in [0.3, 0.4) is 0 Å². The lowest BCUT2D eigenvalue weighted by molar-refractivity contribution is -0.112. The summed E-state index contributed by atoms with van der Waals surface area (Å²) in [5, 5.41) is 15.8. The van der Waals surface area contributed by atoms with E-state index >= 15 is 0 Å². The minimum atomic E-state index is -0.737. The Bertz CT molecular complexity index is 1260. The molecule has 3 rings (SSSR count). The van der Waals surface area contributed by atoms with Crippen LogP contribution < -0.4 is 10.6 Å². The minimum absolute atomic E-state index is 0.0256. The smallest absolute Gasteiger partial charge is 0.345 e. The van der Waals surface area contributed by atoms with Gasteiger partial charge in [-0.25, -0.2) is 4.79 Å². The van der Waals surface area contributed by atoms with E-state index in [1.165, 1.54) is 0 Å². The summed E-state index contributed by atoms with van der Waals surface area (Å²) >= 11 is 18.2. The van der Waals surface area contributed by atoms with Crippen LogP contribution in [-0.2, 0) is 9.53 Å². The Hall–Kier alpha value is -3.44. The van der Waals surface area contributed by atoms with Crippen molar-refractivity contribution < 1.29 is 18.7 Å². The molecule has 0 bridgehead atoms. The van der Waals surface area contributed by atoms with Gasteiger partial charge in [-0.2, -0.15) is 5.26 Å². The highest BCUT2D eigenvalue weighted by atomic mass is 35.5. The van der Waals surface area contributed by atoms with Crippen molar-refractivity contribution in [1.29, 1.82) is 5.26 Å². The highest BCUT2D eigenvalue weighted by molar-refractivity contribution is 6.36. The third kappa shape index (κ3) is 6.08. The summed E-state index contributed by atoms with van der Waals surface area (Å²) in [7, 11) is 0. The van der Waals surface area contributed by atoms with E-state index in [1.807, 2.05) is 0 Å². The summed E-state index contributed by atoms with van der Waals surface area (Å²) in [5.74, 6) is -1.54. The van der Waals surface area contributed by atoms with Crippen molar-refractivity contribution in [2.24, 2.45) is 0 Å². The van der Waals surface area contributed by atoms with E-state index < -0.39 is 11.9 Å². The average Bonchev–Trinajstić information content (AvgIpc) is 3.08. The van der Waals surface area contributed by atoms with Crippen LogP contribution >= 0.6 is 34.8 Å². The number of hydrogen-bond donors (Lipinski definition) is 2. The van der Waals surface area contributed by atoms with Crippen molar-refractivity contribution >= 4 is 70.0 Å². The third-order valence-electron chi connectivity index (χ3n) is 4.18. The van der Waals surface area contributed by atoms with Crippen molar-refractivity contribution in [2.45, 2.75) is 6.92 Å². The van der Waals surface area contributed by atoms with E-state index in [9.17, 15) is 14.9 Å². The standard InChI is InChI=1S/C23H16Cl3N3O4/c1-2-32-23(31)19-20(26)18(33-22(19)29-17-5-3-4-15(25)11-17)10-13(12-27)21(30)28-16-8-6-14(24)7-9-16/h3-11,29H,2H2,1H3,(H,28,30)/b13-10+. The van der Waals surface area contributed by atoms with Gasteiger partial charge in [-0.15, -0.1) is 0 Å². The van der Waals surface area contributed by atoms with Crippen LogP contribution in [0.25, 0.3) is 6.08 Å². The van der Waals surface area contributed by atoms with Crippen molar-refractivity contribution in [3.63, 3.8) is 0 Å². The van der Waals surface area contributed by atoms with Gasteiger partial charge >= 0.3 is 5.97 Å². The van der Waals surface area contributed by atoms with Crippen LogP contribution in [0.1, 0.15) is 23.0 Å². The molecule has 168 valence electrons. The van der Waals surface area contributed by atoms with Crippen molar-refractivity contribution in [3.8, 4) is 6.07 Å². The Morgan fingerprint density at radius 3 is 2.45 bits per heavy atom. The Balaban J connectivity index is 1.97. The highest BCUT2D eigenvalue weighted by Crippen LogP contribution is 2.36. The lowest BCUT2D eigenvalue weighted by Crippen LogP contribution is -2.13. The van der Waals surface area contributed by atoms with Gasteiger partial charge in [0.15, 0.2) is 5.76 Å². The number of esters is 1. The number of amides is 1. The summed E-state index contributed by atoms with van der Waals surface area (Å²) in [5.41, 5.74) is 0.576. The van der Waals surface area contributed by atoms with Gasteiger partial charge in [0.2, 0.25) is 5.88 Å². The van der Waals surface area contributed by atoms with Gasteiger partial charge in [-0.05, 0) is 49.4 Å². The van der Waals surface area contributed by atoms with Crippen LogP contribution in [0.5, 0.6) is 0 Å². The molecule has 33 heavy (non-hydrogen) atoms. The molecule has 0 radical (unpaired) electrons. The first-order valence-corrected chi connectivity index (χ1v) is 10.7. The lowest BCUT2D eigenvalue weighted by atomic mass is 10.2. The van der Waals surface area contributed by atoms with E-state index in [0.717, 1.165) is 6.08 Å². The molecule has 0 atom stereocenters. The Morgan fingerprint density at radius 2 is 1.82 bits per heavy atom. The second-order valence-electron chi connectivity index (χ2n) is 6.47. The summed E-state index contributed by atoms with van der Waals surface area (Å²) in [6.45, 7) is 1.75. The Morgan fingerprint density at radius 1 is 1.09 bits per heavy atom. The van der Waals surface area contributed by atoms with Gasteiger partial charge in [-0.1, -0.05) is 40.9 Å². The van der Waals surface area contributed by atoms with Gasteiger partial charge < -0.3 is 19.8 Å². The van der Waals surface area contributed by atoms with Gasteiger partial charge in [-0.3, -0.25) is 4.79 Å². The fourth-order valence-electron chi connectivity index (χ4n) is 2.70. The van der Waals surface area contributed by atoms with Gasteiger partial charge in [0.05, 0.1) is 6.61 Å². The zero-order chi connectivity index (χ0) is 24.0. The van der Waals surface area contributed by atoms with Crippen LogP contribution in [0.2, 0.25) is 15.1 Å². The molecule has 10 heteroatoms. The van der Waals surface area contributed by atoms with Crippen molar-refractivity contribution in [2.75, 3.05) is 17.2 Å². The Labute approximate surface area is 204 Å². The number of nitriles is 1. The second-order valence-corrected chi connectivity index (χ2v) is 7.72. The largest absolute Gasteiger partial charge is 0.462 e. The Kier molecular flexibility index (Phi) is 8.01. The zero-order valence-electron chi connectivity index (χ0n) is 17.1. The van der Waals surface area contributed by atoms with Crippen LogP contribution in [0.15, 0.2) is 58.5 Å². The van der Waals surface area contributed by atoms with Crippen LogP contribution in [0, 0.1) is 11.3 Å². The van der Waals surface area contributed by atoms with Gasteiger partial charge in [0.25, 0.3) is 5.91 Å². The number of ether oxygens (including phenoxy) is 1. The van der Waals surface area contributed by atoms with E-state index in [-0.39, 0.29) is 34.4 Å². The highest BCUT2D eigenvalue weighted by Gasteiger charge is 2.26. The summed E-state index contributed by atoms with van der Waals surface area (Å²) in [6, 6.07) is 14.9. The summed E-state index contributed by atoms with van der Waals surface area (Å²) < 4.78 is 10.8. The molecule has 1 aromatic heterocycles. The van der Waals surface area contributed by atoms with Crippen LogP contribution in [-0.4, -0.2) is 18.5 Å². The normalized spacial score (nSPS) is 10.9. The maximum Gasteiger partial charge on any atom is 0.345 e. The fourth-order valence-corrected chi connectivity index (χ4v) is 3.28. The van der Waals surface area contributed by atoms with Crippen LogP contribution in [0.4, 0.5) is 17.3 Å². The first-order valence-electron chi connectivity index (χ1n) is 9.53. The first kappa shape index (κ1) is 24.2. The number of furan rings is 1. The summed E-state index contributed by atoms with van der Waals surface area (Å²) in [4.78, 5) is 25.1. The molecule has 0 saturated carbocycles. The first-order chi connectivity index (χ1) is 15.8. The monoisotopic (exact) mass is 503 g/mol. The number of rotatable bonds is 7. The fraction of sp³-hybridized carbons (Fsp3) is 0.0870. The number of anilines is 3. The molecule has 3 aromatic rings. The van der Waals surface area contributed by atoms with E-state index in [1.54, 1.807) is 61.5 Å². The number of halogens is 3. The second kappa shape index (κ2) is 10.9. The number of nitrogens with zero attached hydrogens (tertiary/aromatic N) is 1. The zero-order valence-corrected chi connectivity index (χ0v) is 19.4.